The minimum Gasteiger partial charge on any atom is -0.481 e. The summed E-state index contributed by atoms with van der Waals surface area (Å²) in [6.45, 7) is 3.94. The zero-order valence-corrected chi connectivity index (χ0v) is 9.17. The van der Waals surface area contributed by atoms with Crippen molar-refractivity contribution >= 4 is 11.9 Å². The van der Waals surface area contributed by atoms with Crippen LogP contribution in [0.4, 0.5) is 0 Å². The molecule has 7 heteroatoms. The van der Waals surface area contributed by atoms with Gasteiger partial charge in [-0.15, -0.1) is 0 Å². The zero-order valence-electron chi connectivity index (χ0n) is 9.17. The van der Waals surface area contributed by atoms with Crippen molar-refractivity contribution < 1.29 is 14.7 Å². The molecule has 0 aliphatic heterocycles. The van der Waals surface area contributed by atoms with Crippen molar-refractivity contribution in [1.29, 1.82) is 0 Å². The summed E-state index contributed by atoms with van der Waals surface area (Å²) < 4.78 is 0. The van der Waals surface area contributed by atoms with Crippen LogP contribution in [0.3, 0.4) is 0 Å². The normalized spacial score (nSPS) is 12.1. The van der Waals surface area contributed by atoms with Gasteiger partial charge in [-0.05, 0) is 6.92 Å². The maximum atomic E-state index is 11.8. The first-order valence-electron chi connectivity index (χ1n) is 4.94. The summed E-state index contributed by atoms with van der Waals surface area (Å²) in [6.07, 6.45) is 1.32. The molecule has 1 heterocycles. The Hall–Kier alpha value is -1.92. The van der Waals surface area contributed by atoms with Crippen LogP contribution in [-0.2, 0) is 4.79 Å². The highest BCUT2D eigenvalue weighted by molar-refractivity contribution is 5.92. The fourth-order valence-electron chi connectivity index (χ4n) is 1.23. The van der Waals surface area contributed by atoms with Crippen LogP contribution in [0.2, 0.25) is 0 Å². The van der Waals surface area contributed by atoms with Crippen LogP contribution in [0.15, 0.2) is 6.20 Å². The number of carboxylic acid groups (broad SMARTS) is 1. The quantitative estimate of drug-likeness (QED) is 0.735. The number of aromatic amines is 1. The second-order valence-electron chi connectivity index (χ2n) is 3.44. The molecule has 1 unspecified atom stereocenters. The number of carbonyl (C=O) groups excluding carboxylic acids is 1. The molecule has 16 heavy (non-hydrogen) atoms. The molecule has 0 saturated heterocycles. The van der Waals surface area contributed by atoms with E-state index < -0.39 is 11.9 Å². The third-order valence-corrected chi connectivity index (χ3v) is 2.22. The Morgan fingerprint density at radius 1 is 1.62 bits per heavy atom. The van der Waals surface area contributed by atoms with Gasteiger partial charge >= 0.3 is 5.97 Å². The second kappa shape index (κ2) is 5.24. The highest BCUT2D eigenvalue weighted by Crippen LogP contribution is 2.04. The van der Waals surface area contributed by atoms with E-state index in [4.69, 9.17) is 5.11 Å². The van der Waals surface area contributed by atoms with E-state index in [9.17, 15) is 9.59 Å². The van der Waals surface area contributed by atoms with Gasteiger partial charge in [0.15, 0.2) is 5.69 Å². The van der Waals surface area contributed by atoms with Crippen LogP contribution in [0.25, 0.3) is 0 Å². The maximum absolute atomic E-state index is 11.8. The van der Waals surface area contributed by atoms with Crippen LogP contribution in [0, 0.1) is 5.92 Å². The van der Waals surface area contributed by atoms with E-state index in [1.54, 1.807) is 13.8 Å². The first kappa shape index (κ1) is 12.2. The highest BCUT2D eigenvalue weighted by Gasteiger charge is 2.21. The van der Waals surface area contributed by atoms with Crippen molar-refractivity contribution in [2.45, 2.75) is 13.8 Å². The van der Waals surface area contributed by atoms with E-state index in [1.807, 2.05) is 0 Å². The molecule has 1 atom stereocenters. The van der Waals surface area contributed by atoms with Crippen LogP contribution in [0.5, 0.6) is 0 Å². The Balaban J connectivity index is 2.68. The molecule has 0 aliphatic carbocycles. The molecule has 0 aromatic carbocycles. The van der Waals surface area contributed by atoms with Gasteiger partial charge in [-0.1, -0.05) is 6.92 Å². The van der Waals surface area contributed by atoms with Crippen LogP contribution >= 0.6 is 0 Å². The van der Waals surface area contributed by atoms with Crippen molar-refractivity contribution in [3.05, 3.63) is 11.9 Å². The number of hydrogen-bond donors (Lipinski definition) is 2. The lowest BCUT2D eigenvalue weighted by Gasteiger charge is -2.21. The fraction of sp³-hybridized carbons (Fsp3) is 0.556. The maximum Gasteiger partial charge on any atom is 0.308 e. The van der Waals surface area contributed by atoms with Gasteiger partial charge in [0.2, 0.25) is 0 Å². The number of carboxylic acids is 1. The average molecular weight is 226 g/mol. The fourth-order valence-corrected chi connectivity index (χ4v) is 1.23. The monoisotopic (exact) mass is 226 g/mol. The molecule has 0 radical (unpaired) electrons. The lowest BCUT2D eigenvalue weighted by atomic mass is 10.1. The number of aliphatic carboxylic acids is 1. The standard InChI is InChI=1S/C9H14N4O3/c1-3-13(5-6(2)9(15)16)8(14)7-4-10-12-11-7/h4,6H,3,5H2,1-2H3,(H,15,16)(H,10,11,12). The van der Waals surface area contributed by atoms with Gasteiger partial charge in [0.1, 0.15) is 0 Å². The highest BCUT2D eigenvalue weighted by atomic mass is 16.4. The van der Waals surface area contributed by atoms with Crippen molar-refractivity contribution in [3.63, 3.8) is 0 Å². The van der Waals surface area contributed by atoms with E-state index >= 15 is 0 Å². The molecule has 2 N–H and O–H groups in total. The molecule has 0 aliphatic rings. The molecule has 0 saturated carbocycles. The number of rotatable bonds is 5. The number of H-pyrrole nitrogens is 1. The average Bonchev–Trinajstić information content (AvgIpc) is 2.77. The summed E-state index contributed by atoms with van der Waals surface area (Å²) in [7, 11) is 0. The largest absolute Gasteiger partial charge is 0.481 e. The molecule has 1 aromatic rings. The molecule has 88 valence electrons. The van der Waals surface area contributed by atoms with E-state index in [0.717, 1.165) is 0 Å². The van der Waals surface area contributed by atoms with Crippen LogP contribution < -0.4 is 0 Å². The molecule has 0 fully saturated rings. The summed E-state index contributed by atoms with van der Waals surface area (Å²) in [4.78, 5) is 23.9. The number of carbonyl (C=O) groups is 2. The minimum absolute atomic E-state index is 0.164. The van der Waals surface area contributed by atoms with E-state index in [0.29, 0.717) is 6.54 Å². The number of hydrogen-bond acceptors (Lipinski definition) is 4. The molecule has 1 amide bonds. The first-order valence-corrected chi connectivity index (χ1v) is 4.94. The van der Waals surface area contributed by atoms with Gasteiger partial charge in [0.25, 0.3) is 5.91 Å². The van der Waals surface area contributed by atoms with E-state index in [-0.39, 0.29) is 18.1 Å². The second-order valence-corrected chi connectivity index (χ2v) is 3.44. The van der Waals surface area contributed by atoms with Crippen LogP contribution in [-0.4, -0.2) is 50.4 Å². The van der Waals surface area contributed by atoms with Crippen molar-refractivity contribution in [3.8, 4) is 0 Å². The van der Waals surface area contributed by atoms with Gasteiger partial charge in [-0.3, -0.25) is 9.59 Å². The van der Waals surface area contributed by atoms with Crippen LogP contribution in [0.1, 0.15) is 24.3 Å². The molecule has 0 spiro atoms. The molecular formula is C9H14N4O3. The lowest BCUT2D eigenvalue weighted by Crippen LogP contribution is -2.36. The van der Waals surface area contributed by atoms with E-state index in [1.165, 1.54) is 11.1 Å². The predicted octanol–water partition coefficient (Wildman–Crippen LogP) is -0.0125. The first-order chi connectivity index (χ1) is 7.56. The molecule has 1 aromatic heterocycles. The number of aromatic nitrogens is 3. The van der Waals surface area contributed by atoms with Gasteiger partial charge < -0.3 is 10.0 Å². The summed E-state index contributed by atoms with van der Waals surface area (Å²) in [5.41, 5.74) is 0.194. The zero-order chi connectivity index (χ0) is 12.1. The molecule has 0 bridgehead atoms. The number of nitrogens with zero attached hydrogens (tertiary/aromatic N) is 3. The summed E-state index contributed by atoms with van der Waals surface area (Å²) in [6, 6.07) is 0. The molecular weight excluding hydrogens is 212 g/mol. The molecule has 1 rings (SSSR count). The summed E-state index contributed by atoms with van der Waals surface area (Å²) in [5, 5.41) is 18.3. The van der Waals surface area contributed by atoms with Crippen molar-refractivity contribution in [2.24, 2.45) is 5.92 Å². The third kappa shape index (κ3) is 2.78. The van der Waals surface area contributed by atoms with Gasteiger partial charge in [-0.25, -0.2) is 0 Å². The van der Waals surface area contributed by atoms with Crippen molar-refractivity contribution in [1.82, 2.24) is 20.3 Å². The lowest BCUT2D eigenvalue weighted by molar-refractivity contribution is -0.141. The summed E-state index contributed by atoms with van der Waals surface area (Å²) >= 11 is 0. The Labute approximate surface area is 92.4 Å². The number of nitrogens with one attached hydrogen (secondary N) is 1. The van der Waals surface area contributed by atoms with Gasteiger partial charge in [-0.2, -0.15) is 15.4 Å². The third-order valence-electron chi connectivity index (χ3n) is 2.22. The Morgan fingerprint density at radius 3 is 2.75 bits per heavy atom. The Kier molecular flexibility index (Phi) is 3.98. The van der Waals surface area contributed by atoms with E-state index in [2.05, 4.69) is 15.4 Å². The Bertz CT molecular complexity index is 363. The SMILES string of the molecule is CCN(CC(C)C(=O)O)C(=O)c1cn[nH]n1. The summed E-state index contributed by atoms with van der Waals surface area (Å²) in [5.74, 6) is -1.84. The predicted molar refractivity (Wildman–Crippen MR) is 54.8 cm³/mol. The Morgan fingerprint density at radius 2 is 2.31 bits per heavy atom. The topological polar surface area (TPSA) is 99.2 Å². The molecule has 7 nitrogen and oxygen atoms in total. The van der Waals surface area contributed by atoms with Crippen molar-refractivity contribution in [2.75, 3.05) is 13.1 Å². The van der Waals surface area contributed by atoms with Gasteiger partial charge in [0.05, 0.1) is 12.1 Å². The smallest absolute Gasteiger partial charge is 0.308 e. The van der Waals surface area contributed by atoms with Gasteiger partial charge in [0, 0.05) is 13.1 Å². The minimum atomic E-state index is -0.925. The number of amides is 1.